The smallest absolute Gasteiger partial charge is 0.189 e. The standard InChI is InChI=1S/C19H28N6O.HI/c1-3-24-11-4-5-17(24)14-22-19(20)21-13-15-10-12-25(23-15)16-6-8-18(26-2)9-7-16;/h6-10,12,17H,3-5,11,13-14H2,1-2H3,(H3,20,21,22);1H. The first kappa shape index (κ1) is 21.5. The fourth-order valence-electron chi connectivity index (χ4n) is 3.31. The number of hydrogen-bond donors (Lipinski definition) is 2. The predicted octanol–water partition coefficient (Wildman–Crippen LogP) is 2.39. The number of ether oxygens (including phenoxy) is 1. The molecule has 2 heterocycles. The van der Waals surface area contributed by atoms with E-state index in [1.54, 1.807) is 7.11 Å². The molecule has 1 saturated heterocycles. The Morgan fingerprint density at radius 1 is 1.33 bits per heavy atom. The Morgan fingerprint density at radius 2 is 2.11 bits per heavy atom. The topological polar surface area (TPSA) is 80.7 Å². The van der Waals surface area contributed by atoms with Crippen molar-refractivity contribution in [2.75, 3.05) is 26.7 Å². The summed E-state index contributed by atoms with van der Waals surface area (Å²) in [5, 5.41) is 7.80. The number of guanidine groups is 1. The van der Waals surface area contributed by atoms with Crippen LogP contribution in [0.25, 0.3) is 5.69 Å². The van der Waals surface area contributed by atoms with Crippen LogP contribution in [-0.2, 0) is 6.54 Å². The summed E-state index contributed by atoms with van der Waals surface area (Å²) in [4.78, 5) is 6.89. The molecule has 1 atom stereocenters. The van der Waals surface area contributed by atoms with Crippen molar-refractivity contribution in [1.82, 2.24) is 20.0 Å². The molecule has 7 nitrogen and oxygen atoms in total. The molecular weight excluding hydrogens is 455 g/mol. The van der Waals surface area contributed by atoms with Gasteiger partial charge < -0.3 is 15.8 Å². The second kappa shape index (κ2) is 10.5. The number of rotatable bonds is 7. The highest BCUT2D eigenvalue weighted by Crippen LogP contribution is 2.16. The lowest BCUT2D eigenvalue weighted by Gasteiger charge is -2.23. The second-order valence-electron chi connectivity index (χ2n) is 6.46. The normalized spacial score (nSPS) is 17.6. The lowest BCUT2D eigenvalue weighted by atomic mass is 10.2. The number of likely N-dealkylation sites (N-methyl/N-ethyl adjacent to an activating group) is 1. The SMILES string of the molecule is CCN1CCCC1CNC(N)=NCc1ccn(-c2ccc(OC)cc2)n1.I. The molecule has 27 heavy (non-hydrogen) atoms. The molecule has 0 saturated carbocycles. The van der Waals surface area contributed by atoms with Crippen LogP contribution in [0.15, 0.2) is 41.5 Å². The molecule has 1 aliphatic rings. The number of aliphatic imine (C=N–C) groups is 1. The second-order valence-corrected chi connectivity index (χ2v) is 6.46. The Bertz CT molecular complexity index is 730. The van der Waals surface area contributed by atoms with Crippen molar-refractivity contribution in [3.8, 4) is 11.4 Å². The molecule has 0 radical (unpaired) electrons. The molecule has 0 amide bonds. The number of benzene rings is 1. The molecule has 0 aliphatic carbocycles. The molecule has 3 N–H and O–H groups in total. The fraction of sp³-hybridized carbons (Fsp3) is 0.474. The van der Waals surface area contributed by atoms with E-state index in [-0.39, 0.29) is 24.0 Å². The van der Waals surface area contributed by atoms with Crippen LogP contribution in [0.2, 0.25) is 0 Å². The predicted molar refractivity (Wildman–Crippen MR) is 119 cm³/mol. The van der Waals surface area contributed by atoms with Gasteiger partial charge in [-0.25, -0.2) is 9.67 Å². The zero-order valence-electron chi connectivity index (χ0n) is 16.0. The van der Waals surface area contributed by atoms with Crippen LogP contribution in [-0.4, -0.2) is 53.4 Å². The third-order valence-corrected chi connectivity index (χ3v) is 4.82. The molecule has 1 fully saturated rings. The average Bonchev–Trinajstić information content (AvgIpc) is 3.33. The van der Waals surface area contributed by atoms with Crippen LogP contribution in [0.4, 0.5) is 0 Å². The number of nitrogens with one attached hydrogen (secondary N) is 1. The number of aromatic nitrogens is 2. The third kappa shape index (κ3) is 5.83. The lowest BCUT2D eigenvalue weighted by molar-refractivity contribution is 0.267. The van der Waals surface area contributed by atoms with E-state index in [1.165, 1.54) is 19.4 Å². The summed E-state index contributed by atoms with van der Waals surface area (Å²) in [7, 11) is 1.66. The highest BCUT2D eigenvalue weighted by Gasteiger charge is 2.22. The van der Waals surface area contributed by atoms with E-state index in [2.05, 4.69) is 27.2 Å². The van der Waals surface area contributed by atoms with Crippen LogP contribution in [0.5, 0.6) is 5.75 Å². The lowest BCUT2D eigenvalue weighted by Crippen LogP contribution is -2.42. The van der Waals surface area contributed by atoms with Gasteiger partial charge in [0.15, 0.2) is 5.96 Å². The van der Waals surface area contributed by atoms with Crippen LogP contribution in [0.1, 0.15) is 25.5 Å². The summed E-state index contributed by atoms with van der Waals surface area (Å²) in [6.07, 6.45) is 4.41. The van der Waals surface area contributed by atoms with Crippen LogP contribution in [0.3, 0.4) is 0 Å². The summed E-state index contributed by atoms with van der Waals surface area (Å²) in [5.41, 5.74) is 7.86. The number of hydrogen-bond acceptors (Lipinski definition) is 4. The van der Waals surface area contributed by atoms with Gasteiger partial charge in [-0.05, 0) is 56.3 Å². The van der Waals surface area contributed by atoms with Crippen molar-refractivity contribution in [1.29, 1.82) is 0 Å². The number of nitrogens with zero attached hydrogens (tertiary/aromatic N) is 4. The summed E-state index contributed by atoms with van der Waals surface area (Å²) < 4.78 is 7.00. The highest BCUT2D eigenvalue weighted by molar-refractivity contribution is 14.0. The van der Waals surface area contributed by atoms with Crippen LogP contribution in [0, 0.1) is 0 Å². The largest absolute Gasteiger partial charge is 0.497 e. The van der Waals surface area contributed by atoms with Gasteiger partial charge in [0.2, 0.25) is 0 Å². The molecule has 1 aromatic carbocycles. The summed E-state index contributed by atoms with van der Waals surface area (Å²) in [6.45, 7) is 5.79. The van der Waals surface area contributed by atoms with Crippen LogP contribution >= 0.6 is 24.0 Å². The minimum absolute atomic E-state index is 0. The summed E-state index contributed by atoms with van der Waals surface area (Å²) >= 11 is 0. The van der Waals surface area contributed by atoms with Crippen molar-refractivity contribution < 1.29 is 4.74 Å². The van der Waals surface area contributed by atoms with Gasteiger partial charge in [-0.2, -0.15) is 5.10 Å². The van der Waals surface area contributed by atoms with E-state index in [0.717, 1.165) is 30.2 Å². The fourth-order valence-corrected chi connectivity index (χ4v) is 3.31. The minimum atomic E-state index is 0. The molecule has 148 valence electrons. The van der Waals surface area contributed by atoms with E-state index in [9.17, 15) is 0 Å². The van der Waals surface area contributed by atoms with Gasteiger partial charge in [-0.1, -0.05) is 6.92 Å². The molecule has 8 heteroatoms. The molecule has 0 spiro atoms. The highest BCUT2D eigenvalue weighted by atomic mass is 127. The zero-order chi connectivity index (χ0) is 18.4. The summed E-state index contributed by atoms with van der Waals surface area (Å²) in [5.74, 6) is 1.31. The Labute approximate surface area is 178 Å². The first-order valence-corrected chi connectivity index (χ1v) is 9.16. The molecule has 3 rings (SSSR count). The zero-order valence-corrected chi connectivity index (χ0v) is 18.3. The van der Waals surface area contributed by atoms with Crippen molar-refractivity contribution >= 4 is 29.9 Å². The molecule has 1 unspecified atom stereocenters. The van der Waals surface area contributed by atoms with E-state index in [1.807, 2.05) is 41.2 Å². The number of halogens is 1. The van der Waals surface area contributed by atoms with Gasteiger partial charge in [0.05, 0.1) is 25.0 Å². The van der Waals surface area contributed by atoms with E-state index >= 15 is 0 Å². The molecule has 0 bridgehead atoms. The van der Waals surface area contributed by atoms with Crippen molar-refractivity contribution in [2.45, 2.75) is 32.4 Å². The van der Waals surface area contributed by atoms with Gasteiger partial charge in [0.25, 0.3) is 0 Å². The molecule has 2 aromatic rings. The van der Waals surface area contributed by atoms with Gasteiger partial charge in [-0.15, -0.1) is 24.0 Å². The molecule has 1 aliphatic heterocycles. The first-order chi connectivity index (χ1) is 12.7. The van der Waals surface area contributed by atoms with Crippen molar-refractivity contribution in [3.05, 3.63) is 42.2 Å². The Balaban J connectivity index is 0.00000261. The monoisotopic (exact) mass is 484 g/mol. The van der Waals surface area contributed by atoms with Gasteiger partial charge >= 0.3 is 0 Å². The molecule has 1 aromatic heterocycles. The Hall–Kier alpha value is -1.81. The average molecular weight is 484 g/mol. The Morgan fingerprint density at radius 3 is 2.81 bits per heavy atom. The van der Waals surface area contributed by atoms with Crippen LogP contribution < -0.4 is 15.8 Å². The first-order valence-electron chi connectivity index (χ1n) is 9.16. The Kier molecular flexibility index (Phi) is 8.36. The van der Waals surface area contributed by atoms with Gasteiger partial charge in [0, 0.05) is 18.8 Å². The van der Waals surface area contributed by atoms with E-state index < -0.39 is 0 Å². The van der Waals surface area contributed by atoms with Gasteiger partial charge in [-0.3, -0.25) is 4.90 Å². The third-order valence-electron chi connectivity index (χ3n) is 4.82. The minimum Gasteiger partial charge on any atom is -0.497 e. The maximum absolute atomic E-state index is 6.01. The number of methoxy groups -OCH3 is 1. The van der Waals surface area contributed by atoms with Crippen molar-refractivity contribution in [3.63, 3.8) is 0 Å². The van der Waals surface area contributed by atoms with E-state index in [0.29, 0.717) is 18.5 Å². The molecular formula is C19H29IN6O. The van der Waals surface area contributed by atoms with Crippen molar-refractivity contribution in [2.24, 2.45) is 10.7 Å². The maximum Gasteiger partial charge on any atom is 0.189 e. The van der Waals surface area contributed by atoms with E-state index in [4.69, 9.17) is 10.5 Å². The number of likely N-dealkylation sites (tertiary alicyclic amines) is 1. The number of nitrogens with two attached hydrogens (primary N) is 1. The quantitative estimate of drug-likeness (QED) is 0.359. The maximum atomic E-state index is 6.01. The van der Waals surface area contributed by atoms with Gasteiger partial charge in [0.1, 0.15) is 5.75 Å². The summed E-state index contributed by atoms with van der Waals surface area (Å²) in [6, 6.07) is 10.3.